The lowest BCUT2D eigenvalue weighted by atomic mass is 9.95. The summed E-state index contributed by atoms with van der Waals surface area (Å²) in [5.41, 5.74) is 1.13. The predicted octanol–water partition coefficient (Wildman–Crippen LogP) is 5.71. The van der Waals surface area contributed by atoms with Gasteiger partial charge in [-0.25, -0.2) is 9.69 Å². The molecule has 0 atom stereocenters. The summed E-state index contributed by atoms with van der Waals surface area (Å²) >= 11 is 7.26. The Morgan fingerprint density at radius 3 is 2.35 bits per heavy atom. The van der Waals surface area contributed by atoms with Crippen molar-refractivity contribution in [3.63, 3.8) is 0 Å². The third-order valence-corrected chi connectivity index (χ3v) is 7.17. The monoisotopic (exact) mass is 498 g/mol. The highest BCUT2D eigenvalue weighted by Gasteiger charge is 2.41. The molecule has 2 aliphatic rings. The quantitative estimate of drug-likeness (QED) is 0.371. The molecule has 1 saturated carbocycles. The predicted molar refractivity (Wildman–Crippen MR) is 134 cm³/mol. The van der Waals surface area contributed by atoms with Crippen LogP contribution in [0.4, 0.5) is 5.69 Å². The first kappa shape index (κ1) is 24.4. The van der Waals surface area contributed by atoms with Crippen molar-refractivity contribution in [3.05, 3.63) is 69.7 Å². The Kier molecular flexibility index (Phi) is 7.95. The number of amides is 2. The Bertz CT molecular complexity index is 1090. The SMILES string of the molecule is CCCOC(=O)c1ccc(N2C(=O)C(NC3CCCCC3)=C(Sc3ccc(Cl)cc3)C2=O)cc1. The standard InChI is InChI=1S/C26H27ClN2O4S/c1-2-16-33-26(32)17-8-12-20(13-9-17)29-24(30)22(28-19-6-4-3-5-7-19)23(25(29)31)34-21-14-10-18(27)11-15-21/h8-15,19,28H,2-7,16H2,1H3. The van der Waals surface area contributed by atoms with Gasteiger partial charge < -0.3 is 10.1 Å². The molecule has 2 amide bonds. The highest BCUT2D eigenvalue weighted by molar-refractivity contribution is 8.04. The van der Waals surface area contributed by atoms with Crippen LogP contribution < -0.4 is 10.2 Å². The Balaban J connectivity index is 1.60. The zero-order chi connectivity index (χ0) is 24.1. The van der Waals surface area contributed by atoms with Crippen molar-refractivity contribution >= 4 is 46.8 Å². The molecule has 0 radical (unpaired) electrons. The Morgan fingerprint density at radius 1 is 1.03 bits per heavy atom. The van der Waals surface area contributed by atoms with Gasteiger partial charge in [-0.2, -0.15) is 0 Å². The Labute approximate surface area is 208 Å². The van der Waals surface area contributed by atoms with E-state index in [0.717, 1.165) is 37.0 Å². The van der Waals surface area contributed by atoms with Crippen LogP contribution >= 0.6 is 23.4 Å². The average Bonchev–Trinajstić information content (AvgIpc) is 3.08. The summed E-state index contributed by atoms with van der Waals surface area (Å²) in [6.45, 7) is 2.27. The van der Waals surface area contributed by atoms with Crippen molar-refractivity contribution < 1.29 is 19.1 Å². The van der Waals surface area contributed by atoms with Crippen LogP contribution in [-0.4, -0.2) is 30.4 Å². The first-order valence-electron chi connectivity index (χ1n) is 11.6. The van der Waals surface area contributed by atoms with E-state index in [1.54, 1.807) is 36.4 Å². The molecule has 4 rings (SSSR count). The van der Waals surface area contributed by atoms with Gasteiger partial charge in [0.2, 0.25) is 0 Å². The smallest absolute Gasteiger partial charge is 0.338 e. The fourth-order valence-electron chi connectivity index (χ4n) is 4.06. The maximum absolute atomic E-state index is 13.5. The second-order valence-electron chi connectivity index (χ2n) is 8.37. The zero-order valence-electron chi connectivity index (χ0n) is 19.0. The number of halogens is 1. The number of carbonyl (C=O) groups is 3. The van der Waals surface area contributed by atoms with E-state index >= 15 is 0 Å². The van der Waals surface area contributed by atoms with Gasteiger partial charge in [0, 0.05) is 16.0 Å². The molecule has 0 spiro atoms. The van der Waals surface area contributed by atoms with Crippen LogP contribution in [0.15, 0.2) is 64.0 Å². The first-order valence-corrected chi connectivity index (χ1v) is 12.8. The fourth-order valence-corrected chi connectivity index (χ4v) is 5.12. The van der Waals surface area contributed by atoms with Gasteiger partial charge in [0.1, 0.15) is 10.6 Å². The van der Waals surface area contributed by atoms with Crippen LogP contribution in [0.2, 0.25) is 5.02 Å². The number of hydrogen-bond donors (Lipinski definition) is 1. The molecule has 0 aromatic heterocycles. The normalized spacial score (nSPS) is 16.8. The first-order chi connectivity index (χ1) is 16.5. The molecule has 0 unspecified atom stereocenters. The molecule has 6 nitrogen and oxygen atoms in total. The van der Waals surface area contributed by atoms with Crippen LogP contribution in [0, 0.1) is 0 Å². The zero-order valence-corrected chi connectivity index (χ0v) is 20.6. The van der Waals surface area contributed by atoms with Crippen LogP contribution in [0.25, 0.3) is 0 Å². The molecule has 1 fully saturated rings. The van der Waals surface area contributed by atoms with E-state index < -0.39 is 5.97 Å². The molecule has 1 aliphatic heterocycles. The van der Waals surface area contributed by atoms with Crippen molar-refractivity contribution in [1.29, 1.82) is 0 Å². The summed E-state index contributed by atoms with van der Waals surface area (Å²) in [4.78, 5) is 41.4. The molecule has 1 heterocycles. The third-order valence-electron chi connectivity index (χ3n) is 5.83. The number of rotatable bonds is 8. The number of hydrogen-bond acceptors (Lipinski definition) is 6. The molecule has 1 N–H and O–H groups in total. The highest BCUT2D eigenvalue weighted by atomic mass is 35.5. The molecule has 2 aromatic carbocycles. The van der Waals surface area contributed by atoms with Gasteiger partial charge in [0.25, 0.3) is 11.8 Å². The summed E-state index contributed by atoms with van der Waals surface area (Å²) in [6, 6.07) is 13.7. The number of ether oxygens (including phenoxy) is 1. The summed E-state index contributed by atoms with van der Waals surface area (Å²) in [5.74, 6) is -1.19. The molecule has 1 aliphatic carbocycles. The highest BCUT2D eigenvalue weighted by Crippen LogP contribution is 2.37. The van der Waals surface area contributed by atoms with Crippen LogP contribution in [0.5, 0.6) is 0 Å². The van der Waals surface area contributed by atoms with E-state index in [1.165, 1.54) is 23.1 Å². The third kappa shape index (κ3) is 5.47. The van der Waals surface area contributed by atoms with E-state index in [1.807, 2.05) is 19.1 Å². The number of anilines is 1. The molecule has 178 valence electrons. The minimum absolute atomic E-state index is 0.164. The molecular formula is C26H27ClN2O4S. The minimum Gasteiger partial charge on any atom is -0.462 e. The molecular weight excluding hydrogens is 472 g/mol. The molecule has 34 heavy (non-hydrogen) atoms. The van der Waals surface area contributed by atoms with E-state index in [0.29, 0.717) is 33.5 Å². The molecule has 2 aromatic rings. The van der Waals surface area contributed by atoms with Crippen molar-refractivity contribution in [3.8, 4) is 0 Å². The van der Waals surface area contributed by atoms with E-state index in [2.05, 4.69) is 5.32 Å². The van der Waals surface area contributed by atoms with Crippen LogP contribution in [-0.2, 0) is 14.3 Å². The molecule has 8 heteroatoms. The number of nitrogens with one attached hydrogen (secondary N) is 1. The lowest BCUT2D eigenvalue weighted by molar-refractivity contribution is -0.120. The number of carbonyl (C=O) groups excluding carboxylic acids is 3. The van der Waals surface area contributed by atoms with E-state index in [9.17, 15) is 14.4 Å². The fraction of sp³-hybridized carbons (Fsp3) is 0.346. The number of thioether (sulfide) groups is 1. The van der Waals surface area contributed by atoms with E-state index in [4.69, 9.17) is 16.3 Å². The Morgan fingerprint density at radius 2 is 1.71 bits per heavy atom. The number of nitrogens with zero attached hydrogens (tertiary/aromatic N) is 1. The van der Waals surface area contributed by atoms with Crippen molar-refractivity contribution in [2.24, 2.45) is 0 Å². The Hall–Kier alpha value is -2.77. The van der Waals surface area contributed by atoms with Gasteiger partial charge in [0.05, 0.1) is 17.9 Å². The lowest BCUT2D eigenvalue weighted by Crippen LogP contribution is -2.37. The maximum atomic E-state index is 13.5. The van der Waals surface area contributed by atoms with Gasteiger partial charge in [-0.3, -0.25) is 9.59 Å². The van der Waals surface area contributed by atoms with Gasteiger partial charge >= 0.3 is 5.97 Å². The van der Waals surface area contributed by atoms with Crippen molar-refractivity contribution in [2.45, 2.75) is 56.4 Å². The maximum Gasteiger partial charge on any atom is 0.338 e. The van der Waals surface area contributed by atoms with Crippen LogP contribution in [0.1, 0.15) is 55.8 Å². The number of benzene rings is 2. The van der Waals surface area contributed by atoms with Crippen molar-refractivity contribution in [1.82, 2.24) is 5.32 Å². The van der Waals surface area contributed by atoms with Gasteiger partial charge in [0.15, 0.2) is 0 Å². The van der Waals surface area contributed by atoms with Gasteiger partial charge in [-0.05, 0) is 67.8 Å². The van der Waals surface area contributed by atoms with E-state index in [-0.39, 0.29) is 17.9 Å². The van der Waals surface area contributed by atoms with Crippen molar-refractivity contribution in [2.75, 3.05) is 11.5 Å². The largest absolute Gasteiger partial charge is 0.462 e. The average molecular weight is 499 g/mol. The second-order valence-corrected chi connectivity index (χ2v) is 9.89. The number of imide groups is 1. The summed E-state index contributed by atoms with van der Waals surface area (Å²) in [7, 11) is 0. The summed E-state index contributed by atoms with van der Waals surface area (Å²) in [5, 5.41) is 3.98. The topological polar surface area (TPSA) is 75.7 Å². The second kappa shape index (κ2) is 11.1. The molecule has 0 saturated heterocycles. The minimum atomic E-state index is -0.427. The summed E-state index contributed by atoms with van der Waals surface area (Å²) in [6.07, 6.45) is 6.07. The lowest BCUT2D eigenvalue weighted by Gasteiger charge is -2.24. The van der Waals surface area contributed by atoms with Gasteiger partial charge in [-0.15, -0.1) is 0 Å². The summed E-state index contributed by atoms with van der Waals surface area (Å²) < 4.78 is 5.16. The molecule has 0 bridgehead atoms. The number of esters is 1. The van der Waals surface area contributed by atoms with Crippen LogP contribution in [0.3, 0.4) is 0 Å². The van der Waals surface area contributed by atoms with Gasteiger partial charge in [-0.1, -0.05) is 49.5 Å².